The molecule has 1 atom stereocenters. The van der Waals surface area contributed by atoms with Gasteiger partial charge in [0, 0.05) is 5.69 Å². The number of anilines is 1. The highest BCUT2D eigenvalue weighted by Crippen LogP contribution is 2.24. The maximum Gasteiger partial charge on any atom is 0.238 e. The molecule has 0 saturated carbocycles. The molecule has 0 heterocycles. The van der Waals surface area contributed by atoms with Gasteiger partial charge < -0.3 is 11.1 Å². The molecular formula is C12H15Cl2N3O2. The van der Waals surface area contributed by atoms with E-state index < -0.39 is 11.9 Å². The van der Waals surface area contributed by atoms with E-state index in [4.69, 9.17) is 28.9 Å². The minimum Gasteiger partial charge on any atom is -0.368 e. The average molecular weight is 304 g/mol. The van der Waals surface area contributed by atoms with Crippen LogP contribution >= 0.6 is 23.2 Å². The van der Waals surface area contributed by atoms with E-state index in [9.17, 15) is 9.59 Å². The lowest BCUT2D eigenvalue weighted by molar-refractivity contribution is -0.123. The van der Waals surface area contributed by atoms with Gasteiger partial charge in [0.1, 0.15) is 0 Å². The third-order valence-electron chi connectivity index (χ3n) is 2.67. The smallest absolute Gasteiger partial charge is 0.238 e. The SMILES string of the molecule is C[C@@H](C(N)=O)N(C)CC(=O)Nc1ccc(Cl)c(Cl)c1. The lowest BCUT2D eigenvalue weighted by atomic mass is 10.2. The van der Waals surface area contributed by atoms with Gasteiger partial charge in [-0.25, -0.2) is 0 Å². The van der Waals surface area contributed by atoms with E-state index in [1.165, 1.54) is 0 Å². The highest BCUT2D eigenvalue weighted by atomic mass is 35.5. The zero-order valence-corrected chi connectivity index (χ0v) is 12.1. The highest BCUT2D eigenvalue weighted by Gasteiger charge is 2.17. The summed E-state index contributed by atoms with van der Waals surface area (Å²) in [5, 5.41) is 3.43. The molecule has 7 heteroatoms. The molecule has 0 aliphatic heterocycles. The largest absolute Gasteiger partial charge is 0.368 e. The van der Waals surface area contributed by atoms with Gasteiger partial charge in [-0.15, -0.1) is 0 Å². The monoisotopic (exact) mass is 303 g/mol. The number of primary amides is 1. The summed E-state index contributed by atoms with van der Waals surface area (Å²) in [6.45, 7) is 1.68. The van der Waals surface area contributed by atoms with Gasteiger partial charge in [0.25, 0.3) is 0 Å². The molecule has 0 bridgehead atoms. The Morgan fingerprint density at radius 3 is 2.53 bits per heavy atom. The summed E-state index contributed by atoms with van der Waals surface area (Å²) in [7, 11) is 1.64. The number of benzene rings is 1. The molecular weight excluding hydrogens is 289 g/mol. The molecule has 5 nitrogen and oxygen atoms in total. The van der Waals surface area contributed by atoms with Gasteiger partial charge in [0.2, 0.25) is 11.8 Å². The Balaban J connectivity index is 2.60. The predicted molar refractivity (Wildman–Crippen MR) is 76.4 cm³/mol. The lowest BCUT2D eigenvalue weighted by Crippen LogP contribution is -2.43. The van der Waals surface area contributed by atoms with Crippen molar-refractivity contribution in [3.63, 3.8) is 0 Å². The standard InChI is InChI=1S/C12H15Cl2N3O2/c1-7(12(15)19)17(2)6-11(18)16-8-3-4-9(13)10(14)5-8/h3-5,7H,6H2,1-2H3,(H2,15,19)(H,16,18)/t7-/m0/s1. The highest BCUT2D eigenvalue weighted by molar-refractivity contribution is 6.42. The molecule has 0 fully saturated rings. The number of likely N-dealkylation sites (N-methyl/N-ethyl adjacent to an activating group) is 1. The predicted octanol–water partition coefficient (Wildman–Crippen LogP) is 1.74. The van der Waals surface area contributed by atoms with E-state index in [0.29, 0.717) is 15.7 Å². The van der Waals surface area contributed by atoms with E-state index in [1.807, 2.05) is 0 Å². The third-order valence-corrected chi connectivity index (χ3v) is 3.41. The normalized spacial score (nSPS) is 12.3. The molecule has 19 heavy (non-hydrogen) atoms. The Hall–Kier alpha value is -1.30. The minimum atomic E-state index is -0.514. The van der Waals surface area contributed by atoms with Crippen LogP contribution in [-0.4, -0.2) is 36.3 Å². The van der Waals surface area contributed by atoms with E-state index in [2.05, 4.69) is 5.32 Å². The number of hydrogen-bond acceptors (Lipinski definition) is 3. The second kappa shape index (κ2) is 6.75. The molecule has 0 spiro atoms. The first-order chi connectivity index (χ1) is 8.81. The van der Waals surface area contributed by atoms with Crippen molar-refractivity contribution in [2.45, 2.75) is 13.0 Å². The van der Waals surface area contributed by atoms with Crippen molar-refractivity contribution in [2.24, 2.45) is 5.73 Å². The number of hydrogen-bond donors (Lipinski definition) is 2. The van der Waals surface area contributed by atoms with Gasteiger partial charge in [-0.05, 0) is 32.2 Å². The van der Waals surface area contributed by atoms with Crippen molar-refractivity contribution < 1.29 is 9.59 Å². The zero-order valence-electron chi connectivity index (χ0n) is 10.6. The van der Waals surface area contributed by atoms with Crippen LogP contribution in [-0.2, 0) is 9.59 Å². The quantitative estimate of drug-likeness (QED) is 0.870. The van der Waals surface area contributed by atoms with Gasteiger partial charge in [0.05, 0.1) is 22.6 Å². The van der Waals surface area contributed by atoms with Crippen molar-refractivity contribution in [2.75, 3.05) is 18.9 Å². The minimum absolute atomic E-state index is 0.0460. The van der Waals surface area contributed by atoms with Crippen LogP contribution in [0.4, 0.5) is 5.69 Å². The van der Waals surface area contributed by atoms with Crippen LogP contribution in [0.1, 0.15) is 6.92 Å². The molecule has 0 aliphatic carbocycles. The van der Waals surface area contributed by atoms with Crippen LogP contribution in [0.3, 0.4) is 0 Å². The molecule has 1 rings (SSSR count). The van der Waals surface area contributed by atoms with Crippen molar-refractivity contribution in [3.05, 3.63) is 28.2 Å². The summed E-state index contributed by atoms with van der Waals surface area (Å²) in [6, 6.07) is 4.28. The topological polar surface area (TPSA) is 75.4 Å². The fourth-order valence-electron chi connectivity index (χ4n) is 1.36. The Morgan fingerprint density at radius 1 is 1.37 bits per heavy atom. The van der Waals surface area contributed by atoms with Gasteiger partial charge in [-0.1, -0.05) is 23.2 Å². The number of rotatable bonds is 5. The van der Waals surface area contributed by atoms with Crippen molar-refractivity contribution in [3.8, 4) is 0 Å². The van der Waals surface area contributed by atoms with E-state index in [1.54, 1.807) is 37.1 Å². The first-order valence-corrected chi connectivity index (χ1v) is 6.31. The number of amides is 2. The second-order valence-electron chi connectivity index (χ2n) is 4.17. The van der Waals surface area contributed by atoms with Crippen LogP contribution in [0.2, 0.25) is 10.0 Å². The molecule has 104 valence electrons. The fourth-order valence-corrected chi connectivity index (χ4v) is 1.65. The van der Waals surface area contributed by atoms with Gasteiger partial charge >= 0.3 is 0 Å². The molecule has 0 aliphatic rings. The van der Waals surface area contributed by atoms with Crippen LogP contribution in [0.25, 0.3) is 0 Å². The van der Waals surface area contributed by atoms with Crippen LogP contribution in [0.15, 0.2) is 18.2 Å². The summed E-state index contributed by atoms with van der Waals surface area (Å²) < 4.78 is 0. The zero-order chi connectivity index (χ0) is 14.6. The van der Waals surface area contributed by atoms with E-state index >= 15 is 0 Å². The first-order valence-electron chi connectivity index (χ1n) is 5.55. The number of nitrogens with zero attached hydrogens (tertiary/aromatic N) is 1. The van der Waals surface area contributed by atoms with Gasteiger partial charge in [-0.2, -0.15) is 0 Å². The number of carbonyl (C=O) groups is 2. The fraction of sp³-hybridized carbons (Fsp3) is 0.333. The van der Waals surface area contributed by atoms with Crippen molar-refractivity contribution >= 4 is 40.7 Å². The Kier molecular flexibility index (Phi) is 5.60. The molecule has 0 unspecified atom stereocenters. The summed E-state index contributed by atoms with van der Waals surface area (Å²) in [5.74, 6) is -0.751. The van der Waals surface area contributed by atoms with E-state index in [-0.39, 0.29) is 12.5 Å². The van der Waals surface area contributed by atoms with Gasteiger partial charge in [0.15, 0.2) is 0 Å². The summed E-state index contributed by atoms with van der Waals surface area (Å²) in [6.07, 6.45) is 0. The Bertz CT molecular complexity index is 494. The number of nitrogens with one attached hydrogen (secondary N) is 1. The maximum atomic E-state index is 11.8. The molecule has 0 radical (unpaired) electrons. The molecule has 1 aromatic carbocycles. The molecule has 1 aromatic rings. The summed E-state index contributed by atoms with van der Waals surface area (Å²) in [4.78, 5) is 24.3. The Morgan fingerprint density at radius 2 is 2.00 bits per heavy atom. The van der Waals surface area contributed by atoms with Crippen molar-refractivity contribution in [1.29, 1.82) is 0 Å². The second-order valence-corrected chi connectivity index (χ2v) is 4.98. The Labute approximate surface area is 121 Å². The van der Waals surface area contributed by atoms with Crippen LogP contribution < -0.4 is 11.1 Å². The third kappa shape index (κ3) is 4.70. The number of nitrogens with two attached hydrogens (primary N) is 1. The summed E-state index contributed by atoms with van der Waals surface area (Å²) in [5.41, 5.74) is 5.70. The van der Waals surface area contributed by atoms with Crippen molar-refractivity contribution in [1.82, 2.24) is 4.90 Å². The average Bonchev–Trinajstić information content (AvgIpc) is 2.32. The molecule has 2 amide bonds. The molecule has 0 saturated heterocycles. The maximum absolute atomic E-state index is 11.8. The summed E-state index contributed by atoms with van der Waals surface area (Å²) >= 11 is 11.6. The molecule has 0 aromatic heterocycles. The first kappa shape index (κ1) is 15.8. The molecule has 3 N–H and O–H groups in total. The van der Waals surface area contributed by atoms with Crippen LogP contribution in [0, 0.1) is 0 Å². The number of halogens is 2. The van der Waals surface area contributed by atoms with Gasteiger partial charge in [-0.3, -0.25) is 14.5 Å². The lowest BCUT2D eigenvalue weighted by Gasteiger charge is -2.21. The van der Waals surface area contributed by atoms with E-state index in [0.717, 1.165) is 0 Å². The van der Waals surface area contributed by atoms with Crippen LogP contribution in [0.5, 0.6) is 0 Å². The number of carbonyl (C=O) groups excluding carboxylic acids is 2.